The molecule has 11 heteroatoms. The van der Waals surface area contributed by atoms with Crippen LogP contribution in [0.25, 0.3) is 0 Å². The van der Waals surface area contributed by atoms with Crippen molar-refractivity contribution in [3.63, 3.8) is 0 Å². The molecule has 0 aromatic heterocycles. The van der Waals surface area contributed by atoms with Crippen LogP contribution < -0.4 is 0 Å². The normalized spacial score (nSPS) is 14.8. The van der Waals surface area contributed by atoms with E-state index in [1.54, 1.807) is 4.74 Å². The van der Waals surface area contributed by atoms with E-state index in [1.807, 2.05) is 0 Å². The van der Waals surface area contributed by atoms with Crippen LogP contribution >= 0.6 is 0 Å². The van der Waals surface area contributed by atoms with Gasteiger partial charge in [0, 0.05) is 0 Å². The highest BCUT2D eigenvalue weighted by atomic mass is 19.4. The Balaban J connectivity index is 4.57. The van der Waals surface area contributed by atoms with Gasteiger partial charge < -0.3 is 0 Å². The average Bonchev–Trinajstić information content (AvgIpc) is 1.75. The van der Waals surface area contributed by atoms with Crippen molar-refractivity contribution < 1.29 is 49.0 Å². The number of alkyl halides is 9. The molecule has 0 bridgehead atoms. The van der Waals surface area contributed by atoms with Gasteiger partial charge in [0.1, 0.15) is 0 Å². The summed E-state index contributed by atoms with van der Waals surface area (Å²) >= 11 is 0. The van der Waals surface area contributed by atoms with Gasteiger partial charge in [-0.15, -0.1) is 8.78 Å². The van der Waals surface area contributed by atoms with Gasteiger partial charge in [0.05, 0.1) is 0 Å². The highest BCUT2D eigenvalue weighted by Gasteiger charge is 2.64. The molecular formula is C4HF9O2. The van der Waals surface area contributed by atoms with Gasteiger partial charge in [0.25, 0.3) is 0 Å². The molecular weight excluding hydrogens is 251 g/mol. The summed E-state index contributed by atoms with van der Waals surface area (Å²) in [7, 11) is 0. The lowest BCUT2D eigenvalue weighted by molar-refractivity contribution is -0.528. The van der Waals surface area contributed by atoms with Gasteiger partial charge >= 0.3 is 25.2 Å². The van der Waals surface area contributed by atoms with Crippen LogP contribution in [0, 0.1) is 0 Å². The van der Waals surface area contributed by atoms with Gasteiger partial charge in [-0.05, 0) is 0 Å². The van der Waals surface area contributed by atoms with E-state index in [0.29, 0.717) is 0 Å². The topological polar surface area (TPSA) is 18.5 Å². The first-order valence-electron chi connectivity index (χ1n) is 2.86. The average molecular weight is 252 g/mol. The van der Waals surface area contributed by atoms with Crippen LogP contribution in [0.3, 0.4) is 0 Å². The zero-order chi connectivity index (χ0) is 12.5. The summed E-state index contributed by atoms with van der Waals surface area (Å²) in [6, 6.07) is 0. The molecule has 0 N–H and O–H groups in total. The number of hydrogen-bond acceptors (Lipinski definition) is 2. The van der Waals surface area contributed by atoms with Crippen LogP contribution in [-0.4, -0.2) is 25.2 Å². The van der Waals surface area contributed by atoms with Crippen molar-refractivity contribution in [1.29, 1.82) is 0 Å². The standard InChI is InChI=1S/C4HF9O2/c5-1(6)14-4(12,13)15-3(10,11)2(7,8)9/h1H. The molecule has 0 radical (unpaired) electrons. The molecule has 0 aliphatic rings. The second-order valence-electron chi connectivity index (χ2n) is 1.96. The Morgan fingerprint density at radius 2 is 1.20 bits per heavy atom. The fraction of sp³-hybridized carbons (Fsp3) is 1.00. The predicted molar refractivity (Wildman–Crippen MR) is 24.1 cm³/mol. The SMILES string of the molecule is FC(F)OC(F)(F)OC(F)(F)C(F)(F)F. The van der Waals surface area contributed by atoms with Crippen molar-refractivity contribution in [2.75, 3.05) is 0 Å². The molecule has 0 heterocycles. The molecule has 15 heavy (non-hydrogen) atoms. The Kier molecular flexibility index (Phi) is 3.85. The number of halogens is 9. The summed E-state index contributed by atoms with van der Waals surface area (Å²) in [5.41, 5.74) is 0. The van der Waals surface area contributed by atoms with Crippen molar-refractivity contribution in [1.82, 2.24) is 0 Å². The molecule has 0 unspecified atom stereocenters. The molecule has 0 atom stereocenters. The maximum atomic E-state index is 11.8. The highest BCUT2D eigenvalue weighted by molar-refractivity contribution is 4.64. The molecule has 0 aromatic carbocycles. The van der Waals surface area contributed by atoms with Crippen LogP contribution in [-0.2, 0) is 9.47 Å². The van der Waals surface area contributed by atoms with Crippen molar-refractivity contribution in [2.24, 2.45) is 0 Å². The van der Waals surface area contributed by atoms with Crippen LogP contribution in [0.2, 0.25) is 0 Å². The van der Waals surface area contributed by atoms with E-state index in [2.05, 4.69) is 4.74 Å². The zero-order valence-electron chi connectivity index (χ0n) is 6.30. The van der Waals surface area contributed by atoms with E-state index in [-0.39, 0.29) is 0 Å². The van der Waals surface area contributed by atoms with Crippen molar-refractivity contribution in [3.05, 3.63) is 0 Å². The lowest BCUT2D eigenvalue weighted by Gasteiger charge is -2.23. The fourth-order valence-corrected chi connectivity index (χ4v) is 0.335. The number of hydrogen-bond donors (Lipinski definition) is 0. The van der Waals surface area contributed by atoms with E-state index >= 15 is 0 Å². The van der Waals surface area contributed by atoms with Crippen LogP contribution in [0.15, 0.2) is 0 Å². The van der Waals surface area contributed by atoms with Gasteiger partial charge in [-0.25, -0.2) is 9.47 Å². The minimum absolute atomic E-state index is 1.81. The molecule has 0 amide bonds. The molecule has 0 aromatic rings. The Morgan fingerprint density at radius 1 is 0.800 bits per heavy atom. The summed E-state index contributed by atoms with van der Waals surface area (Å²) in [6.45, 7) is -4.27. The third kappa shape index (κ3) is 4.55. The summed E-state index contributed by atoms with van der Waals surface area (Å²) in [4.78, 5) is 0. The number of ether oxygens (including phenoxy) is 2. The van der Waals surface area contributed by atoms with E-state index in [9.17, 15) is 39.5 Å². The Hall–Kier alpha value is -0.710. The molecule has 0 rings (SSSR count). The van der Waals surface area contributed by atoms with Crippen LogP contribution in [0.5, 0.6) is 0 Å². The Bertz CT molecular complexity index is 209. The van der Waals surface area contributed by atoms with Gasteiger partial charge in [-0.2, -0.15) is 30.7 Å². The largest absolute Gasteiger partial charge is 0.494 e. The first kappa shape index (κ1) is 14.3. The minimum Gasteiger partial charge on any atom is -0.232 e. The second-order valence-corrected chi connectivity index (χ2v) is 1.96. The van der Waals surface area contributed by atoms with E-state index in [1.165, 1.54) is 0 Å². The molecule has 0 saturated carbocycles. The van der Waals surface area contributed by atoms with Gasteiger partial charge in [0.2, 0.25) is 0 Å². The summed E-state index contributed by atoms with van der Waals surface area (Å²) in [6.07, 6.45) is -18.5. The third-order valence-corrected chi connectivity index (χ3v) is 0.803. The predicted octanol–water partition coefficient (Wildman–Crippen LogP) is 2.95. The van der Waals surface area contributed by atoms with E-state index < -0.39 is 25.2 Å². The lowest BCUT2D eigenvalue weighted by Crippen LogP contribution is -2.46. The minimum atomic E-state index is -6.47. The Labute approximate surface area is 75.6 Å². The lowest BCUT2D eigenvalue weighted by atomic mass is 10.6. The first-order valence-corrected chi connectivity index (χ1v) is 2.86. The molecule has 0 fully saturated rings. The first-order chi connectivity index (χ1) is 6.37. The molecule has 92 valence electrons. The smallest absolute Gasteiger partial charge is 0.232 e. The molecule has 0 aliphatic carbocycles. The molecule has 0 spiro atoms. The maximum absolute atomic E-state index is 11.8. The zero-order valence-corrected chi connectivity index (χ0v) is 6.30. The van der Waals surface area contributed by atoms with Gasteiger partial charge in [0.15, 0.2) is 0 Å². The van der Waals surface area contributed by atoms with E-state index in [0.717, 1.165) is 0 Å². The van der Waals surface area contributed by atoms with E-state index in [4.69, 9.17) is 0 Å². The third-order valence-electron chi connectivity index (χ3n) is 0.803. The summed E-state index contributed by atoms with van der Waals surface area (Å²) < 4.78 is 107. The maximum Gasteiger partial charge on any atom is 0.494 e. The second kappa shape index (κ2) is 4.04. The molecule has 2 nitrogen and oxygen atoms in total. The summed E-state index contributed by atoms with van der Waals surface area (Å²) in [5, 5.41) is 0. The van der Waals surface area contributed by atoms with Crippen molar-refractivity contribution >= 4 is 0 Å². The van der Waals surface area contributed by atoms with Crippen LogP contribution in [0.1, 0.15) is 0 Å². The van der Waals surface area contributed by atoms with Crippen molar-refractivity contribution in [3.8, 4) is 0 Å². The van der Waals surface area contributed by atoms with Crippen LogP contribution in [0.4, 0.5) is 39.5 Å². The summed E-state index contributed by atoms with van der Waals surface area (Å²) in [5.74, 6) is 0. The fourth-order valence-electron chi connectivity index (χ4n) is 0.335. The number of rotatable bonds is 4. The molecule has 0 aliphatic heterocycles. The highest BCUT2D eigenvalue weighted by Crippen LogP contribution is 2.40. The Morgan fingerprint density at radius 3 is 1.47 bits per heavy atom. The van der Waals surface area contributed by atoms with Gasteiger partial charge in [-0.1, -0.05) is 0 Å². The van der Waals surface area contributed by atoms with Crippen molar-refractivity contribution in [2.45, 2.75) is 25.2 Å². The molecule has 0 saturated heterocycles. The van der Waals surface area contributed by atoms with Gasteiger partial charge in [-0.3, -0.25) is 0 Å². The monoisotopic (exact) mass is 252 g/mol. The quantitative estimate of drug-likeness (QED) is 0.565.